The summed E-state index contributed by atoms with van der Waals surface area (Å²) in [4.78, 5) is 14.0. The Morgan fingerprint density at radius 2 is 2.30 bits per heavy atom. The molecular weight excluding hydrogens is 276 g/mol. The first kappa shape index (κ1) is 15.1. The summed E-state index contributed by atoms with van der Waals surface area (Å²) in [7, 11) is 0. The van der Waals surface area contributed by atoms with Gasteiger partial charge in [-0.2, -0.15) is 0 Å². The van der Waals surface area contributed by atoms with Crippen LogP contribution >= 0.6 is 11.6 Å². The van der Waals surface area contributed by atoms with Crippen molar-refractivity contribution in [2.75, 3.05) is 19.7 Å². The third-order valence-corrected chi connectivity index (χ3v) is 4.23. The summed E-state index contributed by atoms with van der Waals surface area (Å²) in [6, 6.07) is 5.64. The van der Waals surface area contributed by atoms with Crippen LogP contribution < -0.4 is 10.5 Å². The smallest absolute Gasteiger partial charge is 0.260 e. The molecule has 0 aliphatic carbocycles. The van der Waals surface area contributed by atoms with Crippen molar-refractivity contribution in [2.24, 2.45) is 11.7 Å². The Morgan fingerprint density at radius 3 is 2.90 bits per heavy atom. The van der Waals surface area contributed by atoms with E-state index in [-0.39, 0.29) is 18.6 Å². The van der Waals surface area contributed by atoms with Gasteiger partial charge in [0.15, 0.2) is 6.61 Å². The topological polar surface area (TPSA) is 55.6 Å². The van der Waals surface area contributed by atoms with Crippen LogP contribution in [0, 0.1) is 12.8 Å². The molecule has 0 saturated carbocycles. The average molecular weight is 297 g/mol. The minimum atomic E-state index is 0.0149. The maximum atomic E-state index is 12.2. The van der Waals surface area contributed by atoms with E-state index in [1.54, 1.807) is 12.1 Å². The highest BCUT2D eigenvalue weighted by molar-refractivity contribution is 6.31. The van der Waals surface area contributed by atoms with E-state index < -0.39 is 0 Å². The summed E-state index contributed by atoms with van der Waals surface area (Å²) in [6.45, 7) is 5.39. The lowest BCUT2D eigenvalue weighted by Gasteiger charge is -2.21. The molecule has 1 aromatic carbocycles. The fraction of sp³-hybridized carbons (Fsp3) is 0.533. The van der Waals surface area contributed by atoms with Gasteiger partial charge in [-0.05, 0) is 56.5 Å². The number of benzene rings is 1. The second-order valence-corrected chi connectivity index (χ2v) is 5.84. The fourth-order valence-corrected chi connectivity index (χ4v) is 2.71. The molecule has 1 aromatic rings. The van der Waals surface area contributed by atoms with E-state index in [1.807, 2.05) is 17.9 Å². The van der Waals surface area contributed by atoms with Crippen LogP contribution in [0.2, 0.25) is 5.02 Å². The van der Waals surface area contributed by atoms with Crippen LogP contribution in [0.1, 0.15) is 18.9 Å². The number of carbonyl (C=O) groups excluding carboxylic acids is 1. The number of rotatable bonds is 4. The average Bonchev–Trinajstić information content (AvgIpc) is 2.81. The monoisotopic (exact) mass is 296 g/mol. The summed E-state index contributed by atoms with van der Waals surface area (Å²) in [5, 5.41) is 0.697. The molecule has 0 aromatic heterocycles. The number of hydrogen-bond donors (Lipinski definition) is 1. The molecule has 5 heteroatoms. The van der Waals surface area contributed by atoms with E-state index in [0.717, 1.165) is 18.5 Å². The lowest BCUT2D eigenvalue weighted by molar-refractivity contribution is -0.134. The van der Waals surface area contributed by atoms with E-state index in [1.165, 1.54) is 0 Å². The van der Waals surface area contributed by atoms with Crippen molar-refractivity contribution in [2.45, 2.75) is 26.3 Å². The van der Waals surface area contributed by atoms with Gasteiger partial charge in [-0.15, -0.1) is 0 Å². The Bertz CT molecular complexity index is 493. The second-order valence-electron chi connectivity index (χ2n) is 5.43. The van der Waals surface area contributed by atoms with Crippen molar-refractivity contribution in [3.05, 3.63) is 28.8 Å². The zero-order chi connectivity index (χ0) is 14.7. The molecule has 2 atom stereocenters. The minimum absolute atomic E-state index is 0.0149. The molecule has 4 nitrogen and oxygen atoms in total. The second kappa shape index (κ2) is 6.46. The Kier molecular flexibility index (Phi) is 4.89. The number of aryl methyl sites for hydroxylation is 1. The highest BCUT2D eigenvalue weighted by Gasteiger charge is 2.31. The normalized spacial score (nSPS) is 22.1. The molecule has 20 heavy (non-hydrogen) atoms. The van der Waals surface area contributed by atoms with Crippen LogP contribution in [0.4, 0.5) is 0 Å². The summed E-state index contributed by atoms with van der Waals surface area (Å²) in [6.07, 6.45) is 0.974. The van der Waals surface area contributed by atoms with Crippen molar-refractivity contribution in [1.29, 1.82) is 0 Å². The van der Waals surface area contributed by atoms with E-state index in [2.05, 4.69) is 6.92 Å². The number of nitrogens with zero attached hydrogens (tertiary/aromatic N) is 1. The number of ether oxygens (including phenoxy) is 1. The summed E-state index contributed by atoms with van der Waals surface area (Å²) in [5.74, 6) is 1.09. The Morgan fingerprint density at radius 1 is 1.55 bits per heavy atom. The molecular formula is C15H21ClN2O2. The zero-order valence-corrected chi connectivity index (χ0v) is 12.7. The van der Waals surface area contributed by atoms with Crippen LogP contribution in [-0.2, 0) is 4.79 Å². The van der Waals surface area contributed by atoms with Crippen molar-refractivity contribution < 1.29 is 9.53 Å². The number of halogens is 1. The lowest BCUT2D eigenvalue weighted by atomic mass is 10.1. The minimum Gasteiger partial charge on any atom is -0.484 e. The van der Waals surface area contributed by atoms with Gasteiger partial charge >= 0.3 is 0 Å². The van der Waals surface area contributed by atoms with Gasteiger partial charge in [0.05, 0.1) is 0 Å². The predicted molar refractivity (Wildman–Crippen MR) is 80.0 cm³/mol. The van der Waals surface area contributed by atoms with Gasteiger partial charge in [0.25, 0.3) is 5.91 Å². The molecule has 110 valence electrons. The largest absolute Gasteiger partial charge is 0.484 e. The van der Waals surface area contributed by atoms with Gasteiger partial charge in [0, 0.05) is 17.6 Å². The van der Waals surface area contributed by atoms with Gasteiger partial charge in [-0.3, -0.25) is 4.79 Å². The third-order valence-electron chi connectivity index (χ3n) is 3.81. The summed E-state index contributed by atoms with van der Waals surface area (Å²) >= 11 is 5.96. The predicted octanol–water partition coefficient (Wildman–Crippen LogP) is 2.22. The Labute approximate surface area is 124 Å². The fourth-order valence-electron chi connectivity index (χ4n) is 2.60. The van der Waals surface area contributed by atoms with Crippen LogP contribution in [0.15, 0.2) is 18.2 Å². The van der Waals surface area contributed by atoms with Gasteiger partial charge < -0.3 is 15.4 Å². The highest BCUT2D eigenvalue weighted by Crippen LogP contribution is 2.23. The number of hydrogen-bond acceptors (Lipinski definition) is 3. The third kappa shape index (κ3) is 3.44. The molecule has 0 radical (unpaired) electrons. The molecule has 1 saturated heterocycles. The summed E-state index contributed by atoms with van der Waals surface area (Å²) < 4.78 is 5.55. The van der Waals surface area contributed by atoms with Gasteiger partial charge in [0.1, 0.15) is 5.75 Å². The molecule has 2 unspecified atom stereocenters. The van der Waals surface area contributed by atoms with E-state index in [9.17, 15) is 4.79 Å². The Hall–Kier alpha value is -1.26. The number of carbonyl (C=O) groups is 1. The number of likely N-dealkylation sites (tertiary alicyclic amines) is 1. The van der Waals surface area contributed by atoms with Crippen LogP contribution in [0.3, 0.4) is 0 Å². The Balaban J connectivity index is 1.90. The SMILES string of the molecule is Cc1cc(OCC(=O)N2CC(CN)CC2C)ccc1Cl. The standard InChI is InChI=1S/C15H21ClN2O2/c1-10-5-13(3-4-14(10)16)20-9-15(19)18-8-12(7-17)6-11(18)2/h3-5,11-12H,6-9,17H2,1-2H3. The highest BCUT2D eigenvalue weighted by atomic mass is 35.5. The van der Waals surface area contributed by atoms with E-state index in [0.29, 0.717) is 23.2 Å². The first-order valence-corrected chi connectivity index (χ1v) is 7.27. The lowest BCUT2D eigenvalue weighted by Crippen LogP contribution is -2.37. The first-order chi connectivity index (χ1) is 9.51. The molecule has 2 N–H and O–H groups in total. The first-order valence-electron chi connectivity index (χ1n) is 6.89. The maximum absolute atomic E-state index is 12.2. The van der Waals surface area contributed by atoms with Crippen LogP contribution in [0.5, 0.6) is 5.75 Å². The summed E-state index contributed by atoms with van der Waals surface area (Å²) in [5.41, 5.74) is 6.61. The number of nitrogens with two attached hydrogens (primary N) is 1. The van der Waals surface area contributed by atoms with E-state index in [4.69, 9.17) is 22.1 Å². The van der Waals surface area contributed by atoms with Gasteiger partial charge in [0.2, 0.25) is 0 Å². The molecule has 1 aliphatic rings. The maximum Gasteiger partial charge on any atom is 0.260 e. The van der Waals surface area contributed by atoms with Crippen molar-refractivity contribution in [3.63, 3.8) is 0 Å². The van der Waals surface area contributed by atoms with Crippen LogP contribution in [0.25, 0.3) is 0 Å². The molecule has 1 aliphatic heterocycles. The molecule has 1 fully saturated rings. The van der Waals surface area contributed by atoms with Crippen molar-refractivity contribution in [1.82, 2.24) is 4.90 Å². The molecule has 0 bridgehead atoms. The van der Waals surface area contributed by atoms with Gasteiger partial charge in [-0.25, -0.2) is 0 Å². The van der Waals surface area contributed by atoms with E-state index >= 15 is 0 Å². The molecule has 1 amide bonds. The van der Waals surface area contributed by atoms with Crippen LogP contribution in [-0.4, -0.2) is 36.5 Å². The van der Waals surface area contributed by atoms with Gasteiger partial charge in [-0.1, -0.05) is 11.6 Å². The molecule has 2 rings (SSSR count). The number of amides is 1. The van der Waals surface area contributed by atoms with Crippen molar-refractivity contribution >= 4 is 17.5 Å². The molecule has 0 spiro atoms. The molecule has 1 heterocycles. The quantitative estimate of drug-likeness (QED) is 0.927. The van der Waals surface area contributed by atoms with Crippen molar-refractivity contribution in [3.8, 4) is 5.75 Å². The zero-order valence-electron chi connectivity index (χ0n) is 11.9.